The standard InChI is InChI=1S/C14H25N5O4S/c1-15-14(16-5-3-10-22-2)18-6-8-19(9-7-18)24(20,21)12-13-4-11-23-17-13/h4,11H,3,5-10,12H2,1-2H3,(H,15,16). The zero-order valence-corrected chi connectivity index (χ0v) is 15.0. The number of ether oxygens (including phenoxy) is 1. The highest BCUT2D eigenvalue weighted by molar-refractivity contribution is 7.88. The second-order valence-electron chi connectivity index (χ2n) is 5.45. The van der Waals surface area contributed by atoms with E-state index in [-0.39, 0.29) is 5.75 Å². The summed E-state index contributed by atoms with van der Waals surface area (Å²) in [5.41, 5.74) is 0.424. The molecular formula is C14H25N5O4S. The summed E-state index contributed by atoms with van der Waals surface area (Å²) in [5, 5.41) is 6.94. The third kappa shape index (κ3) is 5.18. The van der Waals surface area contributed by atoms with Crippen LogP contribution in [0.2, 0.25) is 0 Å². The van der Waals surface area contributed by atoms with E-state index in [4.69, 9.17) is 9.26 Å². The fourth-order valence-electron chi connectivity index (χ4n) is 2.52. The number of methoxy groups -OCH3 is 1. The van der Waals surface area contributed by atoms with E-state index in [2.05, 4.69) is 20.4 Å². The maximum atomic E-state index is 12.4. The highest BCUT2D eigenvalue weighted by Gasteiger charge is 2.28. The van der Waals surface area contributed by atoms with Crippen molar-refractivity contribution in [3.8, 4) is 0 Å². The van der Waals surface area contributed by atoms with E-state index in [0.29, 0.717) is 38.5 Å². The van der Waals surface area contributed by atoms with E-state index in [1.165, 1.54) is 10.6 Å². The Balaban J connectivity index is 1.83. The minimum absolute atomic E-state index is 0.131. The molecule has 9 nitrogen and oxygen atoms in total. The smallest absolute Gasteiger partial charge is 0.220 e. The summed E-state index contributed by atoms with van der Waals surface area (Å²) in [6, 6.07) is 1.57. The molecule has 2 rings (SSSR count). The first-order valence-corrected chi connectivity index (χ1v) is 9.49. The fraction of sp³-hybridized carbons (Fsp3) is 0.714. The molecule has 1 aromatic rings. The Morgan fingerprint density at radius 3 is 2.75 bits per heavy atom. The quantitative estimate of drug-likeness (QED) is 0.406. The van der Waals surface area contributed by atoms with Gasteiger partial charge in [0.05, 0.1) is 5.69 Å². The van der Waals surface area contributed by atoms with Gasteiger partial charge in [0.1, 0.15) is 12.0 Å². The zero-order valence-electron chi connectivity index (χ0n) is 14.1. The van der Waals surface area contributed by atoms with Gasteiger partial charge in [-0.1, -0.05) is 5.16 Å². The second-order valence-corrected chi connectivity index (χ2v) is 7.42. The second kappa shape index (κ2) is 9.00. The Morgan fingerprint density at radius 2 is 2.17 bits per heavy atom. The Kier molecular flexibility index (Phi) is 7.00. The van der Waals surface area contributed by atoms with E-state index in [0.717, 1.165) is 18.9 Å². The summed E-state index contributed by atoms with van der Waals surface area (Å²) in [7, 11) is 0.0236. The molecule has 24 heavy (non-hydrogen) atoms. The van der Waals surface area contributed by atoms with Crippen LogP contribution < -0.4 is 5.32 Å². The van der Waals surface area contributed by atoms with Gasteiger partial charge in [0.2, 0.25) is 10.0 Å². The molecule has 0 bridgehead atoms. The lowest BCUT2D eigenvalue weighted by molar-refractivity contribution is 0.195. The highest BCUT2D eigenvalue weighted by atomic mass is 32.2. The fourth-order valence-corrected chi connectivity index (χ4v) is 3.94. The Labute approximate surface area is 142 Å². The van der Waals surface area contributed by atoms with Crippen molar-refractivity contribution in [2.45, 2.75) is 12.2 Å². The molecule has 0 aliphatic carbocycles. The van der Waals surface area contributed by atoms with Crippen molar-refractivity contribution in [3.63, 3.8) is 0 Å². The Morgan fingerprint density at radius 1 is 1.42 bits per heavy atom. The lowest BCUT2D eigenvalue weighted by atomic mass is 10.4. The van der Waals surface area contributed by atoms with Crippen molar-refractivity contribution in [1.29, 1.82) is 0 Å². The molecule has 0 unspecified atom stereocenters. The Bertz CT molecular complexity index is 609. The first-order chi connectivity index (χ1) is 11.6. The number of sulfonamides is 1. The third-order valence-corrected chi connectivity index (χ3v) is 5.59. The normalized spacial score (nSPS) is 17.2. The molecule has 0 amide bonds. The number of hydrogen-bond acceptors (Lipinski definition) is 6. The van der Waals surface area contributed by atoms with Crippen LogP contribution in [0.5, 0.6) is 0 Å². The molecule has 0 atom stereocenters. The summed E-state index contributed by atoms with van der Waals surface area (Å²) in [5.74, 6) is 0.660. The maximum absolute atomic E-state index is 12.4. The summed E-state index contributed by atoms with van der Waals surface area (Å²) >= 11 is 0. The number of nitrogens with one attached hydrogen (secondary N) is 1. The maximum Gasteiger partial charge on any atom is 0.220 e. The molecule has 1 fully saturated rings. The molecule has 0 saturated carbocycles. The largest absolute Gasteiger partial charge is 0.385 e. The first-order valence-electron chi connectivity index (χ1n) is 7.88. The number of aliphatic imine (C=N–C) groups is 1. The van der Waals surface area contributed by atoms with Gasteiger partial charge < -0.3 is 19.5 Å². The van der Waals surface area contributed by atoms with Crippen LogP contribution in [0.3, 0.4) is 0 Å². The predicted molar refractivity (Wildman–Crippen MR) is 90.1 cm³/mol. The van der Waals surface area contributed by atoms with Crippen molar-refractivity contribution < 1.29 is 17.7 Å². The number of nitrogens with zero attached hydrogens (tertiary/aromatic N) is 4. The molecule has 1 aliphatic rings. The van der Waals surface area contributed by atoms with Gasteiger partial charge in [-0.05, 0) is 6.42 Å². The van der Waals surface area contributed by atoms with Crippen LogP contribution in [0.4, 0.5) is 0 Å². The van der Waals surface area contributed by atoms with Gasteiger partial charge in [-0.2, -0.15) is 4.31 Å². The number of piperazine rings is 1. The van der Waals surface area contributed by atoms with Crippen molar-refractivity contribution in [2.75, 3.05) is 53.5 Å². The Hall–Kier alpha value is -1.65. The molecule has 1 aromatic heterocycles. The van der Waals surface area contributed by atoms with Crippen LogP contribution in [0.15, 0.2) is 21.8 Å². The molecule has 10 heteroatoms. The highest BCUT2D eigenvalue weighted by Crippen LogP contribution is 2.12. The van der Waals surface area contributed by atoms with E-state index >= 15 is 0 Å². The molecule has 1 saturated heterocycles. The summed E-state index contributed by atoms with van der Waals surface area (Å²) in [4.78, 5) is 6.32. The van der Waals surface area contributed by atoms with Crippen LogP contribution in [0.25, 0.3) is 0 Å². The zero-order chi connectivity index (χ0) is 17.4. The van der Waals surface area contributed by atoms with Gasteiger partial charge in [0.15, 0.2) is 5.96 Å². The number of guanidine groups is 1. The van der Waals surface area contributed by atoms with Crippen molar-refractivity contribution in [1.82, 2.24) is 19.7 Å². The average molecular weight is 359 g/mol. The van der Waals surface area contributed by atoms with Crippen molar-refractivity contribution in [2.24, 2.45) is 4.99 Å². The molecule has 0 aromatic carbocycles. The van der Waals surface area contributed by atoms with Gasteiger partial charge in [0.25, 0.3) is 0 Å². The van der Waals surface area contributed by atoms with Crippen LogP contribution >= 0.6 is 0 Å². The SMILES string of the molecule is CN=C(NCCCOC)N1CCN(S(=O)(=O)Cc2ccon2)CC1. The van der Waals surface area contributed by atoms with Crippen molar-refractivity contribution in [3.05, 3.63) is 18.0 Å². The van der Waals surface area contributed by atoms with Gasteiger partial charge in [-0.3, -0.25) is 4.99 Å². The van der Waals surface area contributed by atoms with Crippen molar-refractivity contribution >= 4 is 16.0 Å². The molecule has 0 spiro atoms. The summed E-state index contributed by atoms with van der Waals surface area (Å²) in [6.45, 7) is 3.52. The topological polar surface area (TPSA) is 100 Å². The van der Waals surface area contributed by atoms with Gasteiger partial charge in [-0.25, -0.2) is 8.42 Å². The molecular weight excluding hydrogens is 334 g/mol. The minimum atomic E-state index is -3.38. The molecule has 1 N–H and O–H groups in total. The van der Waals surface area contributed by atoms with E-state index in [9.17, 15) is 8.42 Å². The number of hydrogen-bond donors (Lipinski definition) is 1. The van der Waals surface area contributed by atoms with Gasteiger partial charge in [-0.15, -0.1) is 0 Å². The monoisotopic (exact) mass is 359 g/mol. The minimum Gasteiger partial charge on any atom is -0.385 e. The van der Waals surface area contributed by atoms with Crippen LogP contribution in [0, 0.1) is 0 Å². The lowest BCUT2D eigenvalue weighted by Gasteiger charge is -2.35. The predicted octanol–water partition coefficient (Wildman–Crippen LogP) is -0.266. The van der Waals surface area contributed by atoms with E-state index in [1.807, 2.05) is 0 Å². The van der Waals surface area contributed by atoms with E-state index in [1.54, 1.807) is 20.2 Å². The molecule has 0 radical (unpaired) electrons. The van der Waals surface area contributed by atoms with Gasteiger partial charge in [0, 0.05) is 59.6 Å². The average Bonchev–Trinajstić information content (AvgIpc) is 3.07. The van der Waals surface area contributed by atoms with Crippen LogP contribution in [0.1, 0.15) is 12.1 Å². The van der Waals surface area contributed by atoms with Crippen LogP contribution in [-0.2, 0) is 20.5 Å². The third-order valence-electron chi connectivity index (χ3n) is 3.77. The number of aromatic nitrogens is 1. The van der Waals surface area contributed by atoms with Crippen LogP contribution in [-0.4, -0.2) is 82.2 Å². The van der Waals surface area contributed by atoms with Gasteiger partial charge >= 0.3 is 0 Å². The van der Waals surface area contributed by atoms with E-state index < -0.39 is 10.0 Å². The summed E-state index contributed by atoms with van der Waals surface area (Å²) < 4.78 is 36.0. The number of rotatable bonds is 7. The molecule has 1 aliphatic heterocycles. The molecule has 136 valence electrons. The molecule has 2 heterocycles. The summed E-state index contributed by atoms with van der Waals surface area (Å²) in [6.07, 6.45) is 2.27. The lowest BCUT2D eigenvalue weighted by Crippen LogP contribution is -2.54. The first kappa shape index (κ1) is 18.7.